The van der Waals surface area contributed by atoms with Crippen molar-refractivity contribution in [3.63, 3.8) is 0 Å². The van der Waals surface area contributed by atoms with Gasteiger partial charge in [-0.25, -0.2) is 0 Å². The summed E-state index contributed by atoms with van der Waals surface area (Å²) in [7, 11) is 0. The number of carbonyl (C=O) groups excluding carboxylic acids is 2. The van der Waals surface area contributed by atoms with Gasteiger partial charge >= 0.3 is 0 Å². The second kappa shape index (κ2) is 8.50. The van der Waals surface area contributed by atoms with Gasteiger partial charge in [0.1, 0.15) is 6.04 Å². The first-order valence-corrected chi connectivity index (χ1v) is 9.95. The van der Waals surface area contributed by atoms with E-state index in [2.05, 4.69) is 5.32 Å². The molecule has 1 N–H and O–H groups in total. The van der Waals surface area contributed by atoms with Crippen LogP contribution >= 0.6 is 11.6 Å². The van der Waals surface area contributed by atoms with Gasteiger partial charge in [-0.1, -0.05) is 78.3 Å². The molecule has 3 aromatic rings. The Bertz CT molecular complexity index is 1040. The molecule has 0 saturated carbocycles. The molecule has 1 aliphatic rings. The third-order valence-electron chi connectivity index (χ3n) is 5.21. The maximum Gasteiger partial charge on any atom is 0.255 e. The molecule has 3 aromatic carbocycles. The van der Waals surface area contributed by atoms with Gasteiger partial charge in [0.05, 0.1) is 0 Å². The molecule has 29 heavy (non-hydrogen) atoms. The Hall–Kier alpha value is -3.11. The average Bonchev–Trinajstić information content (AvgIpc) is 3.08. The van der Waals surface area contributed by atoms with Crippen LogP contribution in [0.5, 0.6) is 0 Å². The zero-order valence-electron chi connectivity index (χ0n) is 15.8. The summed E-state index contributed by atoms with van der Waals surface area (Å²) in [6, 6.07) is 24.1. The summed E-state index contributed by atoms with van der Waals surface area (Å²) in [5.41, 5.74) is 3.48. The molecule has 5 heteroatoms. The maximum absolute atomic E-state index is 13.2. The van der Waals surface area contributed by atoms with Crippen molar-refractivity contribution in [2.45, 2.75) is 25.6 Å². The largest absolute Gasteiger partial charge is 0.350 e. The molecule has 0 aromatic heterocycles. The number of benzene rings is 3. The van der Waals surface area contributed by atoms with Gasteiger partial charge in [0.2, 0.25) is 5.91 Å². The molecule has 0 fully saturated rings. The number of fused-ring (bicyclic) bond motifs is 1. The highest BCUT2D eigenvalue weighted by atomic mass is 35.5. The first-order valence-electron chi connectivity index (χ1n) is 9.57. The third-order valence-corrected chi connectivity index (χ3v) is 5.58. The van der Waals surface area contributed by atoms with Crippen LogP contribution in [0.1, 0.15) is 27.0 Å². The smallest absolute Gasteiger partial charge is 0.255 e. The second-order valence-electron chi connectivity index (χ2n) is 7.10. The lowest BCUT2D eigenvalue weighted by Crippen LogP contribution is -2.48. The van der Waals surface area contributed by atoms with Crippen molar-refractivity contribution < 1.29 is 9.59 Å². The van der Waals surface area contributed by atoms with E-state index >= 15 is 0 Å². The number of nitrogens with one attached hydrogen (secondary N) is 1. The minimum atomic E-state index is -0.597. The van der Waals surface area contributed by atoms with Crippen molar-refractivity contribution in [2.75, 3.05) is 0 Å². The van der Waals surface area contributed by atoms with Gasteiger partial charge in [-0.15, -0.1) is 0 Å². The summed E-state index contributed by atoms with van der Waals surface area (Å²) < 4.78 is 0. The lowest BCUT2D eigenvalue weighted by molar-refractivity contribution is -0.125. The first kappa shape index (κ1) is 19.2. The van der Waals surface area contributed by atoms with E-state index in [1.54, 1.807) is 11.0 Å². The average molecular weight is 405 g/mol. The Kier molecular flexibility index (Phi) is 5.63. The molecular weight excluding hydrogens is 384 g/mol. The highest BCUT2D eigenvalue weighted by Crippen LogP contribution is 2.26. The monoisotopic (exact) mass is 404 g/mol. The normalized spacial score (nSPS) is 13.8. The van der Waals surface area contributed by atoms with Gasteiger partial charge in [0.15, 0.2) is 0 Å². The predicted octanol–water partition coefficient (Wildman–Crippen LogP) is 4.22. The molecule has 1 heterocycles. The first-order chi connectivity index (χ1) is 14.1. The van der Waals surface area contributed by atoms with Crippen molar-refractivity contribution >= 4 is 23.4 Å². The number of halogens is 1. The van der Waals surface area contributed by atoms with Crippen LogP contribution in [0.15, 0.2) is 78.9 Å². The highest BCUT2D eigenvalue weighted by Gasteiger charge is 2.36. The SMILES string of the molecule is O=C(NCc1ccccc1Cl)[C@@H](Cc1ccccc1)N1Cc2ccccc2C1=O. The summed E-state index contributed by atoms with van der Waals surface area (Å²) >= 11 is 6.21. The fourth-order valence-corrected chi connectivity index (χ4v) is 3.85. The Labute approximate surface area is 175 Å². The van der Waals surface area contributed by atoms with Crippen molar-refractivity contribution in [3.8, 4) is 0 Å². The number of hydrogen-bond donors (Lipinski definition) is 1. The molecule has 4 rings (SSSR count). The summed E-state index contributed by atoms with van der Waals surface area (Å²) in [6.07, 6.45) is 0.453. The molecule has 2 amide bonds. The zero-order chi connectivity index (χ0) is 20.2. The van der Waals surface area contributed by atoms with Gasteiger partial charge < -0.3 is 10.2 Å². The van der Waals surface area contributed by atoms with Crippen LogP contribution in [0.3, 0.4) is 0 Å². The van der Waals surface area contributed by atoms with Crippen molar-refractivity contribution in [1.82, 2.24) is 10.2 Å². The Balaban J connectivity index is 1.56. The van der Waals surface area contributed by atoms with E-state index < -0.39 is 6.04 Å². The van der Waals surface area contributed by atoms with Gasteiger partial charge in [0.25, 0.3) is 5.91 Å². The Morgan fingerprint density at radius 2 is 1.66 bits per heavy atom. The second-order valence-corrected chi connectivity index (χ2v) is 7.51. The predicted molar refractivity (Wildman–Crippen MR) is 114 cm³/mol. The molecular formula is C24H21ClN2O2. The third kappa shape index (κ3) is 4.17. The standard InChI is InChI=1S/C24H21ClN2O2/c25-21-13-7-5-10-18(21)15-26-23(28)22(14-17-8-2-1-3-9-17)27-16-19-11-4-6-12-20(19)24(27)29/h1-13,22H,14-16H2,(H,26,28)/t22-/m1/s1. The van der Waals surface area contributed by atoms with Crippen molar-refractivity contribution in [1.29, 1.82) is 0 Å². The van der Waals surface area contributed by atoms with E-state index in [0.717, 1.165) is 16.7 Å². The molecule has 0 aliphatic carbocycles. The lowest BCUT2D eigenvalue weighted by atomic mass is 10.0. The molecule has 0 unspecified atom stereocenters. The Morgan fingerprint density at radius 1 is 0.966 bits per heavy atom. The minimum absolute atomic E-state index is 0.102. The number of rotatable bonds is 6. The van der Waals surface area contributed by atoms with Crippen molar-refractivity contribution in [3.05, 3.63) is 106 Å². The summed E-state index contributed by atoms with van der Waals surface area (Å²) in [5, 5.41) is 3.58. The van der Waals surface area contributed by atoms with Gasteiger partial charge in [0, 0.05) is 30.1 Å². The fourth-order valence-electron chi connectivity index (χ4n) is 3.65. The van der Waals surface area contributed by atoms with E-state index in [0.29, 0.717) is 30.1 Å². The van der Waals surface area contributed by atoms with Gasteiger partial charge in [-0.05, 0) is 28.8 Å². The number of amides is 2. The molecule has 0 saturated heterocycles. The lowest BCUT2D eigenvalue weighted by Gasteiger charge is -2.27. The maximum atomic E-state index is 13.2. The summed E-state index contributed by atoms with van der Waals surface area (Å²) in [6.45, 7) is 0.755. The minimum Gasteiger partial charge on any atom is -0.350 e. The molecule has 0 spiro atoms. The van der Waals surface area contributed by atoms with Crippen LogP contribution in [-0.2, 0) is 24.3 Å². The van der Waals surface area contributed by atoms with E-state index in [-0.39, 0.29) is 11.8 Å². The summed E-state index contributed by atoms with van der Waals surface area (Å²) in [5.74, 6) is -0.288. The quantitative estimate of drug-likeness (QED) is 0.668. The van der Waals surface area contributed by atoms with E-state index in [4.69, 9.17) is 11.6 Å². The number of hydrogen-bond acceptors (Lipinski definition) is 2. The molecule has 1 atom stereocenters. The van der Waals surface area contributed by atoms with Crippen LogP contribution in [0, 0.1) is 0 Å². The summed E-state index contributed by atoms with van der Waals surface area (Å²) in [4.78, 5) is 27.8. The van der Waals surface area contributed by atoms with Crippen LogP contribution < -0.4 is 5.32 Å². The van der Waals surface area contributed by atoms with Crippen LogP contribution in [-0.4, -0.2) is 22.8 Å². The zero-order valence-corrected chi connectivity index (χ0v) is 16.6. The van der Waals surface area contributed by atoms with Crippen LogP contribution in [0.25, 0.3) is 0 Å². The fraction of sp³-hybridized carbons (Fsp3) is 0.167. The molecule has 1 aliphatic heterocycles. The molecule has 146 valence electrons. The number of carbonyl (C=O) groups is 2. The number of nitrogens with zero attached hydrogens (tertiary/aromatic N) is 1. The van der Waals surface area contributed by atoms with Gasteiger partial charge in [-0.3, -0.25) is 9.59 Å². The molecule has 0 bridgehead atoms. The topological polar surface area (TPSA) is 49.4 Å². The molecule has 4 nitrogen and oxygen atoms in total. The highest BCUT2D eigenvalue weighted by molar-refractivity contribution is 6.31. The van der Waals surface area contributed by atoms with E-state index in [9.17, 15) is 9.59 Å². The molecule has 0 radical (unpaired) electrons. The van der Waals surface area contributed by atoms with Crippen LogP contribution in [0.2, 0.25) is 5.02 Å². The van der Waals surface area contributed by atoms with Crippen molar-refractivity contribution in [2.24, 2.45) is 0 Å². The van der Waals surface area contributed by atoms with Gasteiger partial charge in [-0.2, -0.15) is 0 Å². The van der Waals surface area contributed by atoms with E-state index in [1.807, 2.05) is 72.8 Å². The van der Waals surface area contributed by atoms with E-state index in [1.165, 1.54) is 0 Å². The van der Waals surface area contributed by atoms with Crippen LogP contribution in [0.4, 0.5) is 0 Å². The Morgan fingerprint density at radius 3 is 2.41 bits per heavy atom.